The third-order valence-corrected chi connectivity index (χ3v) is 3.86. The van der Waals surface area contributed by atoms with Crippen LogP contribution in [-0.2, 0) is 16.1 Å². The zero-order valence-electron chi connectivity index (χ0n) is 16.0. The molecule has 144 valence electrons. The van der Waals surface area contributed by atoms with Gasteiger partial charge in [-0.2, -0.15) is 0 Å². The van der Waals surface area contributed by atoms with Crippen LogP contribution in [0.25, 0.3) is 0 Å². The van der Waals surface area contributed by atoms with E-state index in [4.69, 9.17) is 9.47 Å². The summed E-state index contributed by atoms with van der Waals surface area (Å²) in [5, 5.41) is 5.65. The highest BCUT2D eigenvalue weighted by molar-refractivity contribution is 5.90. The normalized spacial score (nSPS) is 10.2. The smallest absolute Gasteiger partial charge is 0.258 e. The van der Waals surface area contributed by atoms with Crippen molar-refractivity contribution in [2.45, 2.75) is 33.2 Å². The van der Waals surface area contributed by atoms with Crippen LogP contribution in [-0.4, -0.2) is 25.5 Å². The quantitative estimate of drug-likeness (QED) is 0.709. The van der Waals surface area contributed by atoms with E-state index in [0.717, 1.165) is 23.2 Å². The molecule has 2 amide bonds. The molecular formula is C21H26N2O4. The minimum absolute atomic E-state index is 0.0147. The third kappa shape index (κ3) is 6.66. The van der Waals surface area contributed by atoms with Crippen molar-refractivity contribution in [2.24, 2.45) is 0 Å². The fourth-order valence-corrected chi connectivity index (χ4v) is 2.50. The molecule has 2 aromatic carbocycles. The molecule has 2 N–H and O–H groups in total. The molecule has 0 unspecified atom stereocenters. The second kappa shape index (κ2) is 10.2. The lowest BCUT2D eigenvalue weighted by molar-refractivity contribution is -0.123. The second-order valence-electron chi connectivity index (χ2n) is 6.22. The van der Waals surface area contributed by atoms with Crippen LogP contribution in [0.2, 0.25) is 0 Å². The highest BCUT2D eigenvalue weighted by Crippen LogP contribution is 2.27. The summed E-state index contributed by atoms with van der Waals surface area (Å²) in [7, 11) is 1.56. The van der Waals surface area contributed by atoms with Gasteiger partial charge in [0.1, 0.15) is 0 Å². The SMILES string of the molecule is CCCC(=O)Nc1cccc(CNC(=O)COc2ccc(C)cc2OC)c1. The lowest BCUT2D eigenvalue weighted by Crippen LogP contribution is -2.28. The Morgan fingerprint density at radius 2 is 1.85 bits per heavy atom. The van der Waals surface area contributed by atoms with E-state index in [2.05, 4.69) is 10.6 Å². The van der Waals surface area contributed by atoms with Gasteiger partial charge in [-0.3, -0.25) is 9.59 Å². The monoisotopic (exact) mass is 370 g/mol. The summed E-state index contributed by atoms with van der Waals surface area (Å²) < 4.78 is 10.8. The van der Waals surface area contributed by atoms with E-state index in [1.807, 2.05) is 50.2 Å². The Hall–Kier alpha value is -3.02. The number of nitrogens with one attached hydrogen (secondary N) is 2. The molecule has 0 fully saturated rings. The van der Waals surface area contributed by atoms with E-state index >= 15 is 0 Å². The average molecular weight is 370 g/mol. The van der Waals surface area contributed by atoms with Crippen LogP contribution in [0.3, 0.4) is 0 Å². The van der Waals surface area contributed by atoms with Crippen molar-refractivity contribution in [1.82, 2.24) is 5.32 Å². The number of carbonyl (C=O) groups excluding carboxylic acids is 2. The minimum atomic E-state index is -0.238. The van der Waals surface area contributed by atoms with E-state index in [9.17, 15) is 9.59 Å². The number of hydrogen-bond donors (Lipinski definition) is 2. The van der Waals surface area contributed by atoms with Gasteiger partial charge in [0.15, 0.2) is 18.1 Å². The summed E-state index contributed by atoms with van der Waals surface area (Å²) in [5.41, 5.74) is 2.67. The van der Waals surface area contributed by atoms with Crippen LogP contribution in [0.4, 0.5) is 5.69 Å². The largest absolute Gasteiger partial charge is 0.493 e. The number of benzene rings is 2. The molecule has 2 rings (SSSR count). The zero-order valence-corrected chi connectivity index (χ0v) is 16.0. The highest BCUT2D eigenvalue weighted by Gasteiger charge is 2.08. The molecular weight excluding hydrogens is 344 g/mol. The number of methoxy groups -OCH3 is 1. The number of ether oxygens (including phenoxy) is 2. The van der Waals surface area contributed by atoms with Gasteiger partial charge in [0, 0.05) is 18.7 Å². The number of rotatable bonds is 9. The molecule has 27 heavy (non-hydrogen) atoms. The first kappa shape index (κ1) is 20.3. The number of hydrogen-bond acceptors (Lipinski definition) is 4. The van der Waals surface area contributed by atoms with E-state index in [1.165, 1.54) is 0 Å². The Bertz CT molecular complexity index is 790. The predicted octanol–water partition coefficient (Wildman–Crippen LogP) is 3.44. The number of anilines is 1. The summed E-state index contributed by atoms with van der Waals surface area (Å²) in [5.74, 6) is 0.870. The van der Waals surface area contributed by atoms with Gasteiger partial charge in [-0.1, -0.05) is 25.1 Å². The molecule has 0 saturated carbocycles. The van der Waals surface area contributed by atoms with Crippen molar-refractivity contribution in [3.8, 4) is 11.5 Å². The third-order valence-electron chi connectivity index (χ3n) is 3.86. The van der Waals surface area contributed by atoms with Gasteiger partial charge in [0.2, 0.25) is 5.91 Å². The molecule has 0 atom stereocenters. The van der Waals surface area contributed by atoms with Crippen LogP contribution >= 0.6 is 0 Å². The van der Waals surface area contributed by atoms with Gasteiger partial charge in [-0.15, -0.1) is 0 Å². The lowest BCUT2D eigenvalue weighted by atomic mass is 10.2. The van der Waals surface area contributed by atoms with Crippen LogP contribution in [0, 0.1) is 6.92 Å². The fourth-order valence-electron chi connectivity index (χ4n) is 2.50. The fraction of sp³-hybridized carbons (Fsp3) is 0.333. The molecule has 0 aliphatic rings. The summed E-state index contributed by atoms with van der Waals surface area (Å²) in [6.45, 7) is 4.16. The Kier molecular flexibility index (Phi) is 7.67. The van der Waals surface area contributed by atoms with Crippen molar-refractivity contribution in [3.05, 3.63) is 53.6 Å². The van der Waals surface area contributed by atoms with E-state index in [1.54, 1.807) is 13.2 Å². The first-order valence-corrected chi connectivity index (χ1v) is 8.94. The number of carbonyl (C=O) groups is 2. The molecule has 0 bridgehead atoms. The van der Waals surface area contributed by atoms with Gasteiger partial charge < -0.3 is 20.1 Å². The molecule has 2 aromatic rings. The minimum Gasteiger partial charge on any atom is -0.493 e. The Morgan fingerprint density at radius 3 is 2.59 bits per heavy atom. The van der Waals surface area contributed by atoms with Crippen molar-refractivity contribution in [3.63, 3.8) is 0 Å². The molecule has 0 spiro atoms. The van der Waals surface area contributed by atoms with Crippen LogP contribution < -0.4 is 20.1 Å². The van der Waals surface area contributed by atoms with Crippen molar-refractivity contribution in [2.75, 3.05) is 19.0 Å². The first-order valence-electron chi connectivity index (χ1n) is 8.94. The molecule has 0 heterocycles. The van der Waals surface area contributed by atoms with E-state index in [-0.39, 0.29) is 18.4 Å². The van der Waals surface area contributed by atoms with Gasteiger partial charge >= 0.3 is 0 Å². The lowest BCUT2D eigenvalue weighted by Gasteiger charge is -2.12. The number of amides is 2. The summed E-state index contributed by atoms with van der Waals surface area (Å²) in [4.78, 5) is 23.7. The number of aryl methyl sites for hydroxylation is 1. The second-order valence-corrected chi connectivity index (χ2v) is 6.22. The molecule has 6 heteroatoms. The van der Waals surface area contributed by atoms with Gasteiger partial charge in [0.05, 0.1) is 7.11 Å². The molecule has 0 aliphatic carbocycles. The average Bonchev–Trinajstić information content (AvgIpc) is 2.65. The van der Waals surface area contributed by atoms with Crippen molar-refractivity contribution < 1.29 is 19.1 Å². The summed E-state index contributed by atoms with van der Waals surface area (Å²) >= 11 is 0. The summed E-state index contributed by atoms with van der Waals surface area (Å²) in [6.07, 6.45) is 1.29. The zero-order chi connectivity index (χ0) is 19.6. The van der Waals surface area contributed by atoms with Crippen molar-refractivity contribution >= 4 is 17.5 Å². The van der Waals surface area contributed by atoms with Gasteiger partial charge in [-0.05, 0) is 48.7 Å². The topological polar surface area (TPSA) is 76.7 Å². The van der Waals surface area contributed by atoms with E-state index < -0.39 is 0 Å². The van der Waals surface area contributed by atoms with Crippen LogP contribution in [0.15, 0.2) is 42.5 Å². The Labute approximate surface area is 159 Å². The molecule has 0 radical (unpaired) electrons. The molecule has 6 nitrogen and oxygen atoms in total. The standard InChI is InChI=1S/C21H26N2O4/c1-4-6-20(24)23-17-8-5-7-16(12-17)13-22-21(25)14-27-18-10-9-15(2)11-19(18)26-3/h5,7-12H,4,6,13-14H2,1-3H3,(H,22,25)(H,23,24). The molecule has 0 aliphatic heterocycles. The molecule has 0 saturated heterocycles. The van der Waals surface area contributed by atoms with Crippen LogP contribution in [0.5, 0.6) is 11.5 Å². The van der Waals surface area contributed by atoms with E-state index in [0.29, 0.717) is 24.5 Å². The van der Waals surface area contributed by atoms with Crippen LogP contribution in [0.1, 0.15) is 30.9 Å². The highest BCUT2D eigenvalue weighted by atomic mass is 16.5. The Morgan fingerprint density at radius 1 is 1.04 bits per heavy atom. The van der Waals surface area contributed by atoms with Gasteiger partial charge in [0.25, 0.3) is 5.91 Å². The maximum atomic E-state index is 12.1. The summed E-state index contributed by atoms with van der Waals surface area (Å²) in [6, 6.07) is 12.9. The van der Waals surface area contributed by atoms with Crippen molar-refractivity contribution in [1.29, 1.82) is 0 Å². The Balaban J connectivity index is 1.84. The first-order chi connectivity index (χ1) is 13.0. The maximum absolute atomic E-state index is 12.1. The molecule has 0 aromatic heterocycles. The van der Waals surface area contributed by atoms with Gasteiger partial charge in [-0.25, -0.2) is 0 Å². The predicted molar refractivity (Wildman–Crippen MR) is 105 cm³/mol. The maximum Gasteiger partial charge on any atom is 0.258 e.